The summed E-state index contributed by atoms with van der Waals surface area (Å²) in [7, 11) is -2.40. The number of amides is 1. The number of hydrogen-bond acceptors (Lipinski definition) is 7. The zero-order valence-corrected chi connectivity index (χ0v) is 25.8. The molecular weight excluding hydrogens is 628 g/mol. The standard InChI is InChI=1S/C32H34F4N4O5S/c1-45-32(42)39-31(30(19-2-4-22(33)5-3-19)20-12-23(34)15-24(35)13-20)29(41)14-21-16-38-18-28(36)27(21)9-6-25-17-37-10-11-40(25)46(43,44)26-7-8-26/h2-5,12-13,15-16,18,25-26,30-31,37H,6-11,14,17H2,1H3,(H,39,42)/t25-,30-,31+/m0/s1. The van der Waals surface area contributed by atoms with E-state index in [1.165, 1.54) is 22.6 Å². The topological polar surface area (TPSA) is 118 Å². The second-order valence-corrected chi connectivity index (χ2v) is 13.7. The number of halogens is 4. The van der Waals surface area contributed by atoms with Gasteiger partial charge < -0.3 is 15.4 Å². The Bertz CT molecular complexity index is 1670. The first kappa shape index (κ1) is 33.5. The summed E-state index contributed by atoms with van der Waals surface area (Å²) in [4.78, 5) is 30.4. The molecule has 14 heteroatoms. The summed E-state index contributed by atoms with van der Waals surface area (Å²) in [5.41, 5.74) is 0.605. The highest BCUT2D eigenvalue weighted by Gasteiger charge is 2.43. The molecule has 0 bridgehead atoms. The smallest absolute Gasteiger partial charge is 0.407 e. The molecule has 5 rings (SSSR count). The fourth-order valence-electron chi connectivity index (χ4n) is 5.96. The number of aromatic nitrogens is 1. The van der Waals surface area contributed by atoms with E-state index in [-0.39, 0.29) is 40.3 Å². The number of alkyl carbamates (subject to hydrolysis) is 1. The number of rotatable bonds is 12. The van der Waals surface area contributed by atoms with Crippen LogP contribution in [0.3, 0.4) is 0 Å². The second kappa shape index (κ2) is 14.3. The van der Waals surface area contributed by atoms with Gasteiger partial charge in [-0.15, -0.1) is 0 Å². The number of Topliss-reactive ketones (excluding diaryl/α,β-unsaturated/α-hetero) is 1. The lowest BCUT2D eigenvalue weighted by molar-refractivity contribution is -0.120. The van der Waals surface area contributed by atoms with E-state index in [0.717, 1.165) is 37.6 Å². The van der Waals surface area contributed by atoms with Crippen LogP contribution in [-0.2, 0) is 32.4 Å². The fraction of sp³-hybridized carbons (Fsp3) is 0.406. The molecule has 0 radical (unpaired) electrons. The Hall–Kier alpha value is -3.88. The van der Waals surface area contributed by atoms with Crippen molar-refractivity contribution in [3.63, 3.8) is 0 Å². The quantitative estimate of drug-likeness (QED) is 0.282. The van der Waals surface area contributed by atoms with Gasteiger partial charge in [0, 0.05) is 50.3 Å². The molecule has 1 aromatic heterocycles. The Labute approximate surface area is 264 Å². The molecule has 3 atom stereocenters. The number of sulfonamides is 1. The maximum absolute atomic E-state index is 15.3. The number of nitrogens with one attached hydrogen (secondary N) is 2. The minimum Gasteiger partial charge on any atom is -0.453 e. The predicted octanol–water partition coefficient (Wildman–Crippen LogP) is 4.00. The van der Waals surface area contributed by atoms with Crippen LogP contribution in [0.15, 0.2) is 54.9 Å². The lowest BCUT2D eigenvalue weighted by Crippen LogP contribution is -2.54. The fourth-order valence-corrected chi connectivity index (χ4v) is 8.02. The first-order valence-electron chi connectivity index (χ1n) is 14.9. The molecule has 3 aromatic rings. The summed E-state index contributed by atoms with van der Waals surface area (Å²) in [5, 5.41) is 5.25. The molecule has 2 aliphatic rings. The number of hydrogen-bond donors (Lipinski definition) is 2. The van der Waals surface area contributed by atoms with Crippen LogP contribution in [0.5, 0.6) is 0 Å². The Balaban J connectivity index is 1.46. The molecule has 2 fully saturated rings. The van der Waals surface area contributed by atoms with Crippen molar-refractivity contribution in [1.29, 1.82) is 0 Å². The van der Waals surface area contributed by atoms with Crippen molar-refractivity contribution < 1.29 is 40.3 Å². The van der Waals surface area contributed by atoms with E-state index in [2.05, 4.69) is 15.6 Å². The third-order valence-electron chi connectivity index (χ3n) is 8.37. The van der Waals surface area contributed by atoms with Gasteiger partial charge in [0.2, 0.25) is 10.0 Å². The molecule has 1 aliphatic carbocycles. The number of methoxy groups -OCH3 is 1. The lowest BCUT2D eigenvalue weighted by Gasteiger charge is -2.35. The number of carbonyl (C=O) groups is 2. The summed E-state index contributed by atoms with van der Waals surface area (Å²) < 4.78 is 90.3. The van der Waals surface area contributed by atoms with Crippen LogP contribution in [0.1, 0.15) is 47.4 Å². The number of pyridine rings is 1. The molecular formula is C32H34F4N4O5S. The number of benzene rings is 2. The third kappa shape index (κ3) is 7.73. The van der Waals surface area contributed by atoms with E-state index in [4.69, 9.17) is 4.74 Å². The van der Waals surface area contributed by atoms with Gasteiger partial charge in [-0.3, -0.25) is 9.78 Å². The van der Waals surface area contributed by atoms with Crippen LogP contribution in [-0.4, -0.2) is 73.7 Å². The molecule has 246 valence electrons. The zero-order chi connectivity index (χ0) is 33.0. The maximum Gasteiger partial charge on any atom is 0.407 e. The predicted molar refractivity (Wildman–Crippen MR) is 160 cm³/mol. The molecule has 1 saturated heterocycles. The summed E-state index contributed by atoms with van der Waals surface area (Å²) in [6, 6.07) is 5.63. The number of ether oxygens (including phenoxy) is 1. The SMILES string of the molecule is COC(=O)N[C@H](C(=O)Cc1cncc(F)c1CC[C@H]1CNCCN1S(=O)(=O)C1CC1)[C@@H](c1ccc(F)cc1)c1cc(F)cc(F)c1. The minimum absolute atomic E-state index is 0.0155. The van der Waals surface area contributed by atoms with Gasteiger partial charge in [-0.1, -0.05) is 12.1 Å². The van der Waals surface area contributed by atoms with Crippen LogP contribution < -0.4 is 10.6 Å². The zero-order valence-electron chi connectivity index (χ0n) is 25.0. The molecule has 46 heavy (non-hydrogen) atoms. The van der Waals surface area contributed by atoms with Crippen LogP contribution in [0.4, 0.5) is 22.4 Å². The Morgan fingerprint density at radius 1 is 1.02 bits per heavy atom. The van der Waals surface area contributed by atoms with Crippen molar-refractivity contribution >= 4 is 21.9 Å². The molecule has 1 saturated carbocycles. The number of ketones is 1. The van der Waals surface area contributed by atoms with E-state index >= 15 is 4.39 Å². The van der Waals surface area contributed by atoms with Gasteiger partial charge in [-0.05, 0) is 72.2 Å². The molecule has 1 aliphatic heterocycles. The van der Waals surface area contributed by atoms with Gasteiger partial charge >= 0.3 is 6.09 Å². The second-order valence-electron chi connectivity index (χ2n) is 11.5. The van der Waals surface area contributed by atoms with Crippen molar-refractivity contribution in [1.82, 2.24) is 19.9 Å². The largest absolute Gasteiger partial charge is 0.453 e. The first-order chi connectivity index (χ1) is 22.0. The van der Waals surface area contributed by atoms with Gasteiger partial charge in [0.25, 0.3) is 0 Å². The van der Waals surface area contributed by atoms with Crippen LogP contribution in [0.2, 0.25) is 0 Å². The van der Waals surface area contributed by atoms with E-state index in [1.54, 1.807) is 0 Å². The average molecular weight is 663 g/mol. The van der Waals surface area contributed by atoms with Gasteiger partial charge in [0.1, 0.15) is 29.3 Å². The molecule has 0 spiro atoms. The average Bonchev–Trinajstić information content (AvgIpc) is 3.88. The highest BCUT2D eigenvalue weighted by Crippen LogP contribution is 2.34. The number of nitrogens with zero attached hydrogens (tertiary/aromatic N) is 2. The highest BCUT2D eigenvalue weighted by molar-refractivity contribution is 7.90. The summed E-state index contributed by atoms with van der Waals surface area (Å²) in [5.74, 6) is -5.02. The Kier molecular flexibility index (Phi) is 10.4. The Morgan fingerprint density at radius 2 is 1.72 bits per heavy atom. The van der Waals surface area contributed by atoms with Gasteiger partial charge in [0.05, 0.1) is 18.6 Å². The Morgan fingerprint density at radius 3 is 2.37 bits per heavy atom. The van der Waals surface area contributed by atoms with Crippen LogP contribution in [0, 0.1) is 23.3 Å². The minimum atomic E-state index is -3.47. The van der Waals surface area contributed by atoms with Crippen molar-refractivity contribution in [2.75, 3.05) is 26.7 Å². The van der Waals surface area contributed by atoms with Gasteiger partial charge in [0.15, 0.2) is 5.78 Å². The van der Waals surface area contributed by atoms with E-state index < -0.39 is 69.6 Å². The molecule has 2 N–H and O–H groups in total. The van der Waals surface area contributed by atoms with Crippen molar-refractivity contribution in [3.8, 4) is 0 Å². The third-order valence-corrected chi connectivity index (χ3v) is 10.8. The molecule has 2 heterocycles. The van der Waals surface area contributed by atoms with E-state index in [1.807, 2.05) is 0 Å². The van der Waals surface area contributed by atoms with Gasteiger partial charge in [-0.25, -0.2) is 30.8 Å². The molecule has 1 amide bonds. The van der Waals surface area contributed by atoms with E-state index in [9.17, 15) is 31.2 Å². The van der Waals surface area contributed by atoms with Crippen molar-refractivity contribution in [2.45, 2.75) is 55.4 Å². The first-order valence-corrected chi connectivity index (χ1v) is 16.4. The number of carbonyl (C=O) groups excluding carboxylic acids is 2. The molecule has 0 unspecified atom stereocenters. The van der Waals surface area contributed by atoms with Crippen molar-refractivity contribution in [3.05, 3.63) is 100 Å². The molecule has 9 nitrogen and oxygen atoms in total. The normalized spacial score (nSPS) is 18.5. The van der Waals surface area contributed by atoms with Crippen LogP contribution in [0.25, 0.3) is 0 Å². The summed E-state index contributed by atoms with van der Waals surface area (Å²) >= 11 is 0. The molecule has 2 aromatic carbocycles. The van der Waals surface area contributed by atoms with Gasteiger partial charge in [-0.2, -0.15) is 4.31 Å². The van der Waals surface area contributed by atoms with Crippen LogP contribution >= 0.6 is 0 Å². The number of piperazine rings is 1. The summed E-state index contributed by atoms with van der Waals surface area (Å²) in [6.45, 7) is 1.20. The summed E-state index contributed by atoms with van der Waals surface area (Å²) in [6.07, 6.45) is 2.45. The lowest BCUT2D eigenvalue weighted by atomic mass is 9.81. The highest BCUT2D eigenvalue weighted by atomic mass is 32.2. The monoisotopic (exact) mass is 662 g/mol. The maximum atomic E-state index is 15.3. The van der Waals surface area contributed by atoms with Crippen molar-refractivity contribution in [2.24, 2.45) is 0 Å². The van der Waals surface area contributed by atoms with E-state index in [0.29, 0.717) is 38.5 Å².